The monoisotopic (exact) mass is 474 g/mol. The number of piperidine rings is 1. The number of carbonyl (C=O) groups excluding carboxylic acids is 1. The van der Waals surface area contributed by atoms with Crippen LogP contribution in [0, 0.1) is 0 Å². The van der Waals surface area contributed by atoms with Crippen LogP contribution < -0.4 is 5.56 Å². The van der Waals surface area contributed by atoms with E-state index < -0.39 is 10.0 Å². The van der Waals surface area contributed by atoms with Crippen LogP contribution in [0.4, 0.5) is 0 Å². The van der Waals surface area contributed by atoms with Gasteiger partial charge in [0, 0.05) is 55.2 Å². The molecule has 1 saturated heterocycles. The second-order valence-corrected chi connectivity index (χ2v) is 10.9. The van der Waals surface area contributed by atoms with Crippen molar-refractivity contribution in [1.29, 1.82) is 0 Å². The average Bonchev–Trinajstić information content (AvgIpc) is 3.64. The fourth-order valence-electron chi connectivity index (χ4n) is 4.92. The van der Waals surface area contributed by atoms with Crippen LogP contribution in [0.15, 0.2) is 34.0 Å². The van der Waals surface area contributed by atoms with E-state index >= 15 is 0 Å². The second kappa shape index (κ2) is 9.56. The van der Waals surface area contributed by atoms with Crippen molar-refractivity contribution in [1.82, 2.24) is 19.1 Å². The van der Waals surface area contributed by atoms with E-state index in [-0.39, 0.29) is 34.0 Å². The van der Waals surface area contributed by atoms with E-state index in [1.165, 1.54) is 22.5 Å². The summed E-state index contributed by atoms with van der Waals surface area (Å²) in [5, 5.41) is 0.476. The van der Waals surface area contributed by atoms with Crippen LogP contribution in [-0.2, 0) is 10.0 Å². The predicted octanol–water partition coefficient (Wildman–Crippen LogP) is 2.65. The summed E-state index contributed by atoms with van der Waals surface area (Å²) in [5.74, 6) is -0.166. The van der Waals surface area contributed by atoms with E-state index in [0.717, 1.165) is 45.3 Å². The Morgan fingerprint density at radius 1 is 1.03 bits per heavy atom. The van der Waals surface area contributed by atoms with E-state index in [1.54, 1.807) is 19.9 Å². The van der Waals surface area contributed by atoms with Crippen LogP contribution in [0.5, 0.6) is 0 Å². The number of rotatable bonds is 8. The van der Waals surface area contributed by atoms with Crippen LogP contribution >= 0.6 is 0 Å². The molecule has 1 saturated carbocycles. The zero-order valence-electron chi connectivity index (χ0n) is 19.7. The van der Waals surface area contributed by atoms with Crippen molar-refractivity contribution < 1.29 is 13.2 Å². The lowest BCUT2D eigenvalue weighted by molar-refractivity contribution is 0.0556. The lowest BCUT2D eigenvalue weighted by Crippen LogP contribution is -2.48. The van der Waals surface area contributed by atoms with Crippen molar-refractivity contribution in [2.24, 2.45) is 0 Å². The van der Waals surface area contributed by atoms with E-state index in [9.17, 15) is 18.0 Å². The van der Waals surface area contributed by atoms with Gasteiger partial charge in [-0.1, -0.05) is 20.8 Å². The third-order valence-corrected chi connectivity index (χ3v) is 9.01. The molecule has 9 heteroatoms. The highest BCUT2D eigenvalue weighted by Crippen LogP contribution is 2.34. The number of amides is 1. The van der Waals surface area contributed by atoms with Crippen molar-refractivity contribution in [2.45, 2.75) is 63.4 Å². The summed E-state index contributed by atoms with van der Waals surface area (Å²) in [7, 11) is -3.69. The van der Waals surface area contributed by atoms with Crippen molar-refractivity contribution in [3.63, 3.8) is 0 Å². The molecule has 0 radical (unpaired) electrons. The Morgan fingerprint density at radius 3 is 2.24 bits per heavy atom. The van der Waals surface area contributed by atoms with Gasteiger partial charge in [0.15, 0.2) is 0 Å². The quantitative estimate of drug-likeness (QED) is 0.635. The average molecular weight is 475 g/mol. The van der Waals surface area contributed by atoms with Gasteiger partial charge in [-0.15, -0.1) is 0 Å². The first kappa shape index (κ1) is 23.9. The highest BCUT2D eigenvalue weighted by molar-refractivity contribution is 7.89. The molecule has 1 aromatic carbocycles. The lowest BCUT2D eigenvalue weighted by Gasteiger charge is -2.38. The lowest BCUT2D eigenvalue weighted by atomic mass is 10.0. The Bertz CT molecular complexity index is 1180. The molecule has 0 unspecified atom stereocenters. The van der Waals surface area contributed by atoms with Crippen LogP contribution in [0.2, 0.25) is 0 Å². The zero-order valence-corrected chi connectivity index (χ0v) is 20.5. The fraction of sp³-hybridized carbons (Fsp3) is 0.583. The largest absolute Gasteiger partial charge is 0.333 e. The van der Waals surface area contributed by atoms with E-state index in [2.05, 4.69) is 16.8 Å². The summed E-state index contributed by atoms with van der Waals surface area (Å²) >= 11 is 0. The molecule has 1 aliphatic carbocycles. The van der Waals surface area contributed by atoms with Gasteiger partial charge >= 0.3 is 0 Å². The Morgan fingerprint density at radius 2 is 1.67 bits per heavy atom. The van der Waals surface area contributed by atoms with Gasteiger partial charge in [-0.05, 0) is 50.4 Å². The van der Waals surface area contributed by atoms with Gasteiger partial charge in [-0.2, -0.15) is 4.31 Å². The Balaban J connectivity index is 1.75. The molecule has 1 aliphatic heterocycles. The normalized spacial score (nSPS) is 18.2. The topological polar surface area (TPSA) is 93.8 Å². The number of benzene rings is 1. The van der Waals surface area contributed by atoms with Gasteiger partial charge in [0.2, 0.25) is 15.6 Å². The maximum Gasteiger partial charge on any atom is 0.255 e. The summed E-state index contributed by atoms with van der Waals surface area (Å²) in [6.07, 6.45) is 3.78. The maximum atomic E-state index is 13.8. The highest BCUT2D eigenvalue weighted by atomic mass is 32.2. The molecule has 0 bridgehead atoms. The molecular formula is C24H34N4O4S. The standard InChI is InChI=1S/C24H34N4O4S/c1-4-26-13-11-18(12-14-26)28(17-7-8-17)24(30)21-16-23(29)25-22-10-9-19(15-20(21)22)33(31,32)27(5-2)6-3/h9-10,15-18H,4-8,11-14H2,1-3H3,(H,25,29). The first-order valence-electron chi connectivity index (χ1n) is 12.0. The second-order valence-electron chi connectivity index (χ2n) is 8.95. The van der Waals surface area contributed by atoms with Crippen molar-refractivity contribution in [3.05, 3.63) is 40.2 Å². The summed E-state index contributed by atoms with van der Waals surface area (Å²) in [4.78, 5) is 33.5. The molecular weight excluding hydrogens is 440 g/mol. The number of aromatic amines is 1. The Kier molecular flexibility index (Phi) is 6.93. The molecule has 1 N–H and O–H groups in total. The van der Waals surface area contributed by atoms with Gasteiger partial charge in [-0.3, -0.25) is 9.59 Å². The van der Waals surface area contributed by atoms with Gasteiger partial charge in [0.25, 0.3) is 5.91 Å². The van der Waals surface area contributed by atoms with Crippen LogP contribution in [-0.4, -0.2) is 78.2 Å². The van der Waals surface area contributed by atoms with E-state index in [1.807, 2.05) is 4.90 Å². The van der Waals surface area contributed by atoms with Crippen molar-refractivity contribution >= 4 is 26.8 Å². The van der Waals surface area contributed by atoms with E-state index in [4.69, 9.17) is 0 Å². The third kappa shape index (κ3) is 4.72. The molecule has 33 heavy (non-hydrogen) atoms. The number of hydrogen-bond donors (Lipinski definition) is 1. The smallest absolute Gasteiger partial charge is 0.255 e. The van der Waals surface area contributed by atoms with Crippen molar-refractivity contribution in [3.8, 4) is 0 Å². The van der Waals surface area contributed by atoms with Crippen LogP contribution in [0.1, 0.15) is 56.8 Å². The zero-order chi connectivity index (χ0) is 23.8. The molecule has 0 spiro atoms. The number of sulfonamides is 1. The third-order valence-electron chi connectivity index (χ3n) is 6.96. The summed E-state index contributed by atoms with van der Waals surface area (Å²) in [6, 6.07) is 6.30. The summed E-state index contributed by atoms with van der Waals surface area (Å²) < 4.78 is 27.6. The first-order valence-corrected chi connectivity index (χ1v) is 13.5. The predicted molar refractivity (Wildman–Crippen MR) is 129 cm³/mol. The summed E-state index contributed by atoms with van der Waals surface area (Å²) in [5.41, 5.74) is 0.401. The molecule has 1 aromatic heterocycles. The molecule has 2 fully saturated rings. The minimum atomic E-state index is -3.69. The molecule has 2 aromatic rings. The van der Waals surface area contributed by atoms with Gasteiger partial charge in [0.1, 0.15) is 0 Å². The number of aromatic nitrogens is 1. The molecule has 180 valence electrons. The van der Waals surface area contributed by atoms with Crippen molar-refractivity contribution in [2.75, 3.05) is 32.7 Å². The molecule has 1 amide bonds. The molecule has 4 rings (SSSR count). The Labute approximate surface area is 195 Å². The number of pyridine rings is 1. The summed E-state index contributed by atoms with van der Waals surface area (Å²) in [6.45, 7) is 9.39. The number of likely N-dealkylation sites (tertiary alicyclic amines) is 1. The first-order chi connectivity index (χ1) is 15.8. The molecule has 2 heterocycles. The minimum absolute atomic E-state index is 0.133. The SMILES string of the molecule is CCN1CCC(N(C(=O)c2cc(=O)[nH]c3ccc(S(=O)(=O)N(CC)CC)cc23)C2CC2)CC1. The molecule has 8 nitrogen and oxygen atoms in total. The maximum absolute atomic E-state index is 13.8. The van der Waals surface area contributed by atoms with Gasteiger partial charge in [0.05, 0.1) is 10.5 Å². The number of fused-ring (bicyclic) bond motifs is 1. The minimum Gasteiger partial charge on any atom is -0.333 e. The van der Waals surface area contributed by atoms with E-state index in [0.29, 0.717) is 24.0 Å². The molecule has 2 aliphatic rings. The fourth-order valence-corrected chi connectivity index (χ4v) is 6.40. The number of nitrogens with zero attached hydrogens (tertiary/aromatic N) is 3. The van der Waals surface area contributed by atoms with Crippen LogP contribution in [0.3, 0.4) is 0 Å². The number of hydrogen-bond acceptors (Lipinski definition) is 5. The van der Waals surface area contributed by atoms with Gasteiger partial charge < -0.3 is 14.8 Å². The van der Waals surface area contributed by atoms with Crippen LogP contribution in [0.25, 0.3) is 10.9 Å². The highest BCUT2D eigenvalue weighted by Gasteiger charge is 2.39. The van der Waals surface area contributed by atoms with Gasteiger partial charge in [-0.25, -0.2) is 8.42 Å². The number of carbonyl (C=O) groups is 1. The Hall–Kier alpha value is -2.23. The number of nitrogens with one attached hydrogen (secondary N) is 1. The molecule has 0 atom stereocenters. The number of H-pyrrole nitrogens is 1.